The summed E-state index contributed by atoms with van der Waals surface area (Å²) in [5, 5.41) is 0.262. The molecule has 19 heavy (non-hydrogen) atoms. The van der Waals surface area contributed by atoms with Gasteiger partial charge in [0.15, 0.2) is 6.29 Å². The lowest BCUT2D eigenvalue weighted by Gasteiger charge is -2.45. The van der Waals surface area contributed by atoms with Crippen LogP contribution in [0.5, 0.6) is 0 Å². The molecule has 0 spiro atoms. The summed E-state index contributed by atoms with van der Waals surface area (Å²) in [5.74, 6) is 1.47. The molecule has 2 aliphatic rings. The number of piperidine rings is 1. The first-order chi connectivity index (χ1) is 9.31. The second kappa shape index (κ2) is 5.45. The summed E-state index contributed by atoms with van der Waals surface area (Å²) in [5.41, 5.74) is 0.440. The molecule has 5 heteroatoms. The highest BCUT2D eigenvalue weighted by atomic mass is 35.5. The molecule has 1 saturated carbocycles. The maximum absolute atomic E-state index is 11.3. The summed E-state index contributed by atoms with van der Waals surface area (Å²) < 4.78 is 0. The fourth-order valence-electron chi connectivity index (χ4n) is 3.58. The SMILES string of the molecule is O=Cc1c(Cl)ncnc1N1CCC[C@H]2CCCC[C@H]21. The first-order valence-corrected chi connectivity index (χ1v) is 7.41. The van der Waals surface area contributed by atoms with Crippen molar-refractivity contribution in [2.75, 3.05) is 11.4 Å². The smallest absolute Gasteiger partial charge is 0.156 e. The molecule has 2 fully saturated rings. The van der Waals surface area contributed by atoms with E-state index in [2.05, 4.69) is 14.9 Å². The first-order valence-electron chi connectivity index (χ1n) is 7.03. The fourth-order valence-corrected chi connectivity index (χ4v) is 3.76. The number of rotatable bonds is 2. The molecule has 1 aromatic heterocycles. The minimum atomic E-state index is 0.262. The molecule has 1 aliphatic carbocycles. The normalized spacial score (nSPS) is 26.9. The summed E-state index contributed by atoms with van der Waals surface area (Å²) in [4.78, 5) is 21.8. The van der Waals surface area contributed by atoms with Gasteiger partial charge in [0.05, 0.1) is 5.56 Å². The van der Waals surface area contributed by atoms with E-state index >= 15 is 0 Å². The third-order valence-electron chi connectivity index (χ3n) is 4.45. The van der Waals surface area contributed by atoms with Crippen molar-refractivity contribution < 1.29 is 4.79 Å². The van der Waals surface area contributed by atoms with E-state index in [0.717, 1.165) is 24.6 Å². The molecule has 0 bridgehead atoms. The molecule has 2 atom stereocenters. The Bertz CT molecular complexity index is 478. The van der Waals surface area contributed by atoms with Crippen LogP contribution in [0.1, 0.15) is 48.9 Å². The Morgan fingerprint density at radius 2 is 2.00 bits per heavy atom. The van der Waals surface area contributed by atoms with Crippen LogP contribution in [-0.2, 0) is 0 Å². The van der Waals surface area contributed by atoms with Crippen LogP contribution >= 0.6 is 11.6 Å². The molecule has 0 aromatic carbocycles. The number of anilines is 1. The number of carbonyl (C=O) groups excluding carboxylic acids is 1. The van der Waals surface area contributed by atoms with E-state index in [1.54, 1.807) is 0 Å². The molecule has 2 heterocycles. The highest BCUT2D eigenvalue weighted by molar-refractivity contribution is 6.32. The lowest BCUT2D eigenvalue weighted by molar-refractivity contribution is 0.112. The zero-order chi connectivity index (χ0) is 13.2. The number of hydrogen-bond donors (Lipinski definition) is 0. The van der Waals surface area contributed by atoms with Crippen molar-refractivity contribution in [3.63, 3.8) is 0 Å². The quantitative estimate of drug-likeness (QED) is 0.616. The minimum absolute atomic E-state index is 0.262. The largest absolute Gasteiger partial charge is 0.353 e. The molecule has 0 unspecified atom stereocenters. The van der Waals surface area contributed by atoms with Crippen LogP contribution in [0, 0.1) is 5.92 Å². The van der Waals surface area contributed by atoms with Gasteiger partial charge in [-0.15, -0.1) is 0 Å². The molecule has 1 saturated heterocycles. The number of aldehydes is 1. The Hall–Kier alpha value is -1.16. The van der Waals surface area contributed by atoms with Gasteiger partial charge in [0, 0.05) is 12.6 Å². The predicted molar refractivity (Wildman–Crippen MR) is 74.8 cm³/mol. The molecule has 0 radical (unpaired) electrons. The van der Waals surface area contributed by atoms with Crippen LogP contribution in [0.2, 0.25) is 5.15 Å². The molecule has 0 N–H and O–H groups in total. The van der Waals surface area contributed by atoms with Crippen molar-refractivity contribution in [2.24, 2.45) is 5.92 Å². The Labute approximate surface area is 118 Å². The van der Waals surface area contributed by atoms with Gasteiger partial charge in [0.1, 0.15) is 17.3 Å². The van der Waals surface area contributed by atoms with Crippen LogP contribution in [0.3, 0.4) is 0 Å². The number of fused-ring (bicyclic) bond motifs is 1. The molecular weight excluding hydrogens is 262 g/mol. The Balaban J connectivity index is 1.96. The maximum atomic E-state index is 11.3. The summed E-state index contributed by atoms with van der Waals surface area (Å²) in [6.07, 6.45) is 9.81. The third-order valence-corrected chi connectivity index (χ3v) is 4.75. The predicted octanol–water partition coefficient (Wildman–Crippen LogP) is 3.10. The van der Waals surface area contributed by atoms with Crippen LogP contribution in [0.4, 0.5) is 5.82 Å². The summed E-state index contributed by atoms with van der Waals surface area (Å²) in [7, 11) is 0. The molecule has 3 rings (SSSR count). The lowest BCUT2D eigenvalue weighted by atomic mass is 9.78. The van der Waals surface area contributed by atoms with Gasteiger partial charge in [0.25, 0.3) is 0 Å². The zero-order valence-electron chi connectivity index (χ0n) is 10.9. The fraction of sp³-hybridized carbons (Fsp3) is 0.643. The standard InChI is InChI=1S/C14H18ClN3O/c15-13-11(8-19)14(17-9-16-13)18-7-3-5-10-4-1-2-6-12(10)18/h8-10,12H,1-7H2/t10-,12-/m1/s1. The molecule has 1 aromatic rings. The van der Waals surface area contributed by atoms with E-state index in [4.69, 9.17) is 11.6 Å². The van der Waals surface area contributed by atoms with E-state index < -0.39 is 0 Å². The van der Waals surface area contributed by atoms with Gasteiger partial charge in [-0.1, -0.05) is 24.4 Å². The molecule has 102 valence electrons. The number of hydrogen-bond acceptors (Lipinski definition) is 4. The van der Waals surface area contributed by atoms with Crippen molar-refractivity contribution in [3.05, 3.63) is 17.0 Å². The van der Waals surface area contributed by atoms with E-state index in [9.17, 15) is 4.79 Å². The second-order valence-corrected chi connectivity index (χ2v) is 5.83. The highest BCUT2D eigenvalue weighted by Gasteiger charge is 2.35. The average molecular weight is 280 g/mol. The lowest BCUT2D eigenvalue weighted by Crippen LogP contribution is -2.47. The summed E-state index contributed by atoms with van der Waals surface area (Å²) in [6, 6.07) is 0.521. The van der Waals surface area contributed by atoms with Gasteiger partial charge in [-0.3, -0.25) is 4.79 Å². The van der Waals surface area contributed by atoms with E-state index in [1.807, 2.05) is 0 Å². The van der Waals surface area contributed by atoms with Crippen molar-refractivity contribution in [3.8, 4) is 0 Å². The number of carbonyl (C=O) groups is 1. The monoisotopic (exact) mass is 279 g/mol. The molecule has 0 amide bonds. The summed E-state index contributed by atoms with van der Waals surface area (Å²) in [6.45, 7) is 0.968. The number of nitrogens with zero attached hydrogens (tertiary/aromatic N) is 3. The van der Waals surface area contributed by atoms with Crippen LogP contribution < -0.4 is 4.90 Å². The van der Waals surface area contributed by atoms with E-state index in [0.29, 0.717) is 11.6 Å². The van der Waals surface area contributed by atoms with Gasteiger partial charge in [-0.2, -0.15) is 0 Å². The van der Waals surface area contributed by atoms with Crippen molar-refractivity contribution in [2.45, 2.75) is 44.6 Å². The molecule has 4 nitrogen and oxygen atoms in total. The highest BCUT2D eigenvalue weighted by Crippen LogP contribution is 2.38. The minimum Gasteiger partial charge on any atom is -0.353 e. The van der Waals surface area contributed by atoms with Gasteiger partial charge in [0.2, 0.25) is 0 Å². The Kier molecular flexibility index (Phi) is 3.69. The van der Waals surface area contributed by atoms with Gasteiger partial charge < -0.3 is 4.90 Å². The van der Waals surface area contributed by atoms with Crippen molar-refractivity contribution in [1.29, 1.82) is 0 Å². The number of aromatic nitrogens is 2. The maximum Gasteiger partial charge on any atom is 0.156 e. The topological polar surface area (TPSA) is 46.1 Å². The van der Waals surface area contributed by atoms with E-state index in [1.165, 1.54) is 44.9 Å². The molecule has 1 aliphatic heterocycles. The van der Waals surface area contributed by atoms with Crippen molar-refractivity contribution in [1.82, 2.24) is 9.97 Å². The second-order valence-electron chi connectivity index (χ2n) is 5.47. The van der Waals surface area contributed by atoms with Crippen LogP contribution in [0.25, 0.3) is 0 Å². The van der Waals surface area contributed by atoms with E-state index in [-0.39, 0.29) is 5.15 Å². The summed E-state index contributed by atoms with van der Waals surface area (Å²) >= 11 is 6.01. The van der Waals surface area contributed by atoms with Gasteiger partial charge in [-0.25, -0.2) is 9.97 Å². The zero-order valence-corrected chi connectivity index (χ0v) is 11.6. The number of halogens is 1. The Morgan fingerprint density at radius 3 is 2.84 bits per heavy atom. The average Bonchev–Trinajstić information content (AvgIpc) is 2.46. The molecular formula is C14H18ClN3O. The Morgan fingerprint density at radius 1 is 1.21 bits per heavy atom. The van der Waals surface area contributed by atoms with Crippen molar-refractivity contribution >= 4 is 23.7 Å². The van der Waals surface area contributed by atoms with Gasteiger partial charge >= 0.3 is 0 Å². The first kappa shape index (κ1) is 12.9. The van der Waals surface area contributed by atoms with Gasteiger partial charge in [-0.05, 0) is 31.6 Å². The van der Waals surface area contributed by atoms with Crippen LogP contribution in [-0.4, -0.2) is 28.8 Å². The van der Waals surface area contributed by atoms with Crippen LogP contribution in [0.15, 0.2) is 6.33 Å². The third kappa shape index (κ3) is 2.34.